The summed E-state index contributed by atoms with van der Waals surface area (Å²) in [7, 11) is 0. The first-order valence-electron chi connectivity index (χ1n) is 11.7. The Kier molecular flexibility index (Phi) is 10.2. The molecule has 1 aromatic carbocycles. The molecule has 1 aliphatic heterocycles. The number of nitrogens with two attached hydrogens (primary N) is 1. The Labute approximate surface area is 204 Å². The normalized spacial score (nSPS) is 17.9. The molecule has 11 heteroatoms. The Morgan fingerprint density at radius 1 is 1.06 bits per heavy atom. The van der Waals surface area contributed by atoms with Gasteiger partial charge in [-0.3, -0.25) is 19.2 Å². The number of nitrogens with zero attached hydrogens (tertiary/aromatic N) is 1. The molecular weight excluding hydrogens is 456 g/mol. The van der Waals surface area contributed by atoms with Crippen molar-refractivity contribution in [2.45, 2.75) is 70.1 Å². The Bertz CT molecular complexity index is 922. The van der Waals surface area contributed by atoms with Crippen molar-refractivity contribution in [1.29, 1.82) is 0 Å². The number of aliphatic carboxylic acids is 2. The van der Waals surface area contributed by atoms with Crippen LogP contribution in [0.3, 0.4) is 0 Å². The molecular formula is C24H34N4O7. The third-order valence-corrected chi connectivity index (χ3v) is 6.02. The summed E-state index contributed by atoms with van der Waals surface area (Å²) >= 11 is 0. The number of likely N-dealkylation sites (tertiary alicyclic amines) is 1. The van der Waals surface area contributed by atoms with Crippen LogP contribution >= 0.6 is 0 Å². The summed E-state index contributed by atoms with van der Waals surface area (Å²) in [6, 6.07) is 4.67. The number of carboxylic acid groups (broad SMARTS) is 2. The van der Waals surface area contributed by atoms with E-state index in [4.69, 9.17) is 10.8 Å². The second-order valence-corrected chi connectivity index (χ2v) is 9.04. The first kappa shape index (κ1) is 27.8. The first-order valence-corrected chi connectivity index (χ1v) is 11.7. The Morgan fingerprint density at radius 2 is 1.71 bits per heavy atom. The van der Waals surface area contributed by atoms with Gasteiger partial charge in [-0.25, -0.2) is 4.79 Å². The fourth-order valence-electron chi connectivity index (χ4n) is 3.92. The van der Waals surface area contributed by atoms with Crippen LogP contribution in [0, 0.1) is 5.92 Å². The van der Waals surface area contributed by atoms with Crippen LogP contribution in [0.1, 0.15) is 45.1 Å². The van der Waals surface area contributed by atoms with Crippen molar-refractivity contribution in [3.63, 3.8) is 0 Å². The number of rotatable bonds is 12. The average Bonchev–Trinajstić information content (AvgIpc) is 3.30. The lowest BCUT2D eigenvalue weighted by atomic mass is 10.0. The Morgan fingerprint density at radius 3 is 2.29 bits per heavy atom. The monoisotopic (exact) mass is 490 g/mol. The lowest BCUT2D eigenvalue weighted by molar-refractivity contribution is -0.145. The van der Waals surface area contributed by atoms with Crippen molar-refractivity contribution < 1.29 is 34.2 Å². The highest BCUT2D eigenvalue weighted by atomic mass is 16.4. The van der Waals surface area contributed by atoms with Gasteiger partial charge in [0.2, 0.25) is 17.7 Å². The molecule has 0 aromatic heterocycles. The van der Waals surface area contributed by atoms with Crippen LogP contribution in [0.15, 0.2) is 30.3 Å². The quantitative estimate of drug-likeness (QED) is 0.274. The largest absolute Gasteiger partial charge is 0.481 e. The second-order valence-electron chi connectivity index (χ2n) is 9.04. The Balaban J connectivity index is 2.14. The number of hydrogen-bond donors (Lipinski definition) is 5. The number of carbonyl (C=O) groups is 5. The van der Waals surface area contributed by atoms with Gasteiger partial charge in [0.1, 0.15) is 18.1 Å². The average molecular weight is 491 g/mol. The van der Waals surface area contributed by atoms with Gasteiger partial charge in [-0.1, -0.05) is 44.2 Å². The molecule has 0 saturated carbocycles. The Hall–Kier alpha value is -3.47. The minimum absolute atomic E-state index is 0.0764. The molecule has 3 amide bonds. The zero-order valence-corrected chi connectivity index (χ0v) is 20.0. The number of amides is 3. The first-order chi connectivity index (χ1) is 16.5. The van der Waals surface area contributed by atoms with E-state index >= 15 is 0 Å². The zero-order valence-electron chi connectivity index (χ0n) is 20.0. The summed E-state index contributed by atoms with van der Waals surface area (Å²) in [5.74, 6) is -4.33. The smallest absolute Gasteiger partial charge is 0.326 e. The van der Waals surface area contributed by atoms with E-state index < -0.39 is 53.8 Å². The van der Waals surface area contributed by atoms with Gasteiger partial charge in [0, 0.05) is 19.4 Å². The maximum atomic E-state index is 13.3. The predicted octanol–water partition coefficient (Wildman–Crippen LogP) is 0.122. The van der Waals surface area contributed by atoms with Crippen molar-refractivity contribution in [2.24, 2.45) is 11.7 Å². The molecule has 4 atom stereocenters. The highest BCUT2D eigenvalue weighted by molar-refractivity contribution is 5.94. The maximum Gasteiger partial charge on any atom is 0.326 e. The van der Waals surface area contributed by atoms with E-state index in [9.17, 15) is 29.1 Å². The van der Waals surface area contributed by atoms with Gasteiger partial charge >= 0.3 is 11.9 Å². The van der Waals surface area contributed by atoms with Crippen LogP contribution in [-0.4, -0.2) is 75.5 Å². The third kappa shape index (κ3) is 8.06. The van der Waals surface area contributed by atoms with Crippen molar-refractivity contribution in [1.82, 2.24) is 15.5 Å². The highest BCUT2D eigenvalue weighted by Crippen LogP contribution is 2.20. The number of carbonyl (C=O) groups excluding carboxylic acids is 3. The summed E-state index contributed by atoms with van der Waals surface area (Å²) in [4.78, 5) is 62.9. The molecule has 11 nitrogen and oxygen atoms in total. The number of nitrogens with one attached hydrogen (secondary N) is 2. The predicted molar refractivity (Wildman–Crippen MR) is 126 cm³/mol. The van der Waals surface area contributed by atoms with Crippen LogP contribution in [0.5, 0.6) is 0 Å². The lowest BCUT2D eigenvalue weighted by Crippen LogP contribution is -2.57. The molecule has 1 aliphatic rings. The van der Waals surface area contributed by atoms with Gasteiger partial charge in [0.25, 0.3) is 0 Å². The molecule has 6 N–H and O–H groups in total. The van der Waals surface area contributed by atoms with Crippen LogP contribution in [0.25, 0.3) is 0 Å². The molecule has 0 bridgehead atoms. The third-order valence-electron chi connectivity index (χ3n) is 6.02. The molecule has 4 unspecified atom stereocenters. The molecule has 1 saturated heterocycles. The van der Waals surface area contributed by atoms with Crippen molar-refractivity contribution in [3.05, 3.63) is 35.9 Å². The fourth-order valence-corrected chi connectivity index (χ4v) is 3.92. The van der Waals surface area contributed by atoms with Gasteiger partial charge in [0.05, 0.1) is 6.04 Å². The fraction of sp³-hybridized carbons (Fsp3) is 0.542. The second kappa shape index (κ2) is 12.8. The van der Waals surface area contributed by atoms with E-state index in [1.807, 2.05) is 0 Å². The van der Waals surface area contributed by atoms with E-state index in [0.29, 0.717) is 12.8 Å². The molecule has 35 heavy (non-hydrogen) atoms. The molecule has 192 valence electrons. The van der Waals surface area contributed by atoms with E-state index in [1.54, 1.807) is 44.2 Å². The molecule has 1 heterocycles. The van der Waals surface area contributed by atoms with Gasteiger partial charge in [-0.2, -0.15) is 0 Å². The van der Waals surface area contributed by atoms with Crippen LogP contribution in [0.2, 0.25) is 0 Å². The molecule has 0 spiro atoms. The summed E-state index contributed by atoms with van der Waals surface area (Å²) in [5, 5.41) is 23.7. The number of hydrogen-bond acceptors (Lipinski definition) is 6. The van der Waals surface area contributed by atoms with E-state index in [1.165, 1.54) is 4.90 Å². The lowest BCUT2D eigenvalue weighted by Gasteiger charge is -2.30. The molecule has 0 radical (unpaired) electrons. The summed E-state index contributed by atoms with van der Waals surface area (Å²) in [6.45, 7) is 3.71. The molecule has 2 rings (SSSR count). The minimum Gasteiger partial charge on any atom is -0.481 e. The van der Waals surface area contributed by atoms with Crippen molar-refractivity contribution >= 4 is 29.7 Å². The number of carboxylic acids is 2. The van der Waals surface area contributed by atoms with Gasteiger partial charge in [0.15, 0.2) is 0 Å². The van der Waals surface area contributed by atoms with Gasteiger partial charge < -0.3 is 31.5 Å². The van der Waals surface area contributed by atoms with Gasteiger partial charge in [-0.05, 0) is 30.7 Å². The number of benzene rings is 1. The van der Waals surface area contributed by atoms with Crippen molar-refractivity contribution in [2.75, 3.05) is 6.54 Å². The van der Waals surface area contributed by atoms with Crippen molar-refractivity contribution in [3.8, 4) is 0 Å². The summed E-state index contributed by atoms with van der Waals surface area (Å²) in [6.07, 6.45) is 0.371. The molecule has 1 aromatic rings. The topological polar surface area (TPSA) is 179 Å². The van der Waals surface area contributed by atoms with Crippen LogP contribution in [0.4, 0.5) is 0 Å². The van der Waals surface area contributed by atoms with E-state index in [-0.39, 0.29) is 31.7 Å². The standard InChI is InChI=1S/C24H34N4O7/c1-14(2)20(25)22(32)26-16(10-11-19(29)30)23(33)28-12-6-9-18(28)21(31)27-17(24(34)35)13-15-7-4-3-5-8-15/h3-5,7-8,14,16-18,20H,6,9-13,25H2,1-2H3,(H,26,32)(H,27,31)(H,29,30)(H,34,35). The van der Waals surface area contributed by atoms with E-state index in [2.05, 4.69) is 10.6 Å². The molecule has 1 fully saturated rings. The highest BCUT2D eigenvalue weighted by Gasteiger charge is 2.39. The summed E-state index contributed by atoms with van der Waals surface area (Å²) in [5.41, 5.74) is 6.60. The minimum atomic E-state index is -1.20. The SMILES string of the molecule is CC(C)C(N)C(=O)NC(CCC(=O)O)C(=O)N1CCCC1C(=O)NC(Cc1ccccc1)C(=O)O. The van der Waals surface area contributed by atoms with Gasteiger partial charge in [-0.15, -0.1) is 0 Å². The summed E-state index contributed by atoms with van der Waals surface area (Å²) < 4.78 is 0. The molecule has 0 aliphatic carbocycles. The maximum absolute atomic E-state index is 13.3. The van der Waals surface area contributed by atoms with E-state index in [0.717, 1.165) is 5.56 Å². The van der Waals surface area contributed by atoms with Crippen LogP contribution in [-0.2, 0) is 30.4 Å². The van der Waals surface area contributed by atoms with Crippen LogP contribution < -0.4 is 16.4 Å². The zero-order chi connectivity index (χ0) is 26.1.